The lowest BCUT2D eigenvalue weighted by atomic mass is 10.1. The molecule has 25 heavy (non-hydrogen) atoms. The number of phenolic OH excluding ortho intramolecular Hbond substituents is 1. The molecule has 0 aliphatic rings. The summed E-state index contributed by atoms with van der Waals surface area (Å²) in [6.07, 6.45) is 0. The van der Waals surface area contributed by atoms with Gasteiger partial charge in [-0.3, -0.25) is 4.79 Å². The Morgan fingerprint density at radius 2 is 1.76 bits per heavy atom. The number of aromatic hydroxyl groups is 1. The van der Waals surface area contributed by atoms with Crippen LogP contribution in [0.2, 0.25) is 0 Å². The van der Waals surface area contributed by atoms with Crippen molar-refractivity contribution >= 4 is 22.4 Å². The molecule has 0 saturated carbocycles. The average Bonchev–Trinajstić information content (AvgIpc) is 2.65. The first kappa shape index (κ1) is 16.5. The maximum absolute atomic E-state index is 11.9. The first-order valence-electron chi connectivity index (χ1n) is 7.86. The third-order valence-electron chi connectivity index (χ3n) is 3.72. The van der Waals surface area contributed by atoms with Gasteiger partial charge in [-0.15, -0.1) is 0 Å². The van der Waals surface area contributed by atoms with Crippen LogP contribution in [-0.2, 0) is 4.79 Å². The number of benzene rings is 3. The summed E-state index contributed by atoms with van der Waals surface area (Å²) in [6, 6.07) is 20.2. The van der Waals surface area contributed by atoms with Crippen molar-refractivity contribution < 1.29 is 14.6 Å². The van der Waals surface area contributed by atoms with Crippen LogP contribution in [0.4, 0.5) is 0 Å². The molecule has 0 heterocycles. The van der Waals surface area contributed by atoms with Crippen molar-refractivity contribution in [2.75, 3.05) is 6.61 Å². The zero-order valence-electron chi connectivity index (χ0n) is 13.8. The number of nitrogens with zero attached hydrogens (tertiary/aromatic N) is 1. The minimum atomic E-state index is -0.341. The van der Waals surface area contributed by atoms with Crippen molar-refractivity contribution in [3.63, 3.8) is 0 Å². The molecule has 3 rings (SSSR count). The van der Waals surface area contributed by atoms with E-state index in [2.05, 4.69) is 10.5 Å². The normalized spacial score (nSPS) is 11.3. The molecule has 0 atom stereocenters. The van der Waals surface area contributed by atoms with Gasteiger partial charge in [0.2, 0.25) is 0 Å². The van der Waals surface area contributed by atoms with E-state index in [1.54, 1.807) is 31.2 Å². The lowest BCUT2D eigenvalue weighted by Crippen LogP contribution is -2.25. The van der Waals surface area contributed by atoms with Crippen molar-refractivity contribution in [2.45, 2.75) is 6.92 Å². The smallest absolute Gasteiger partial charge is 0.277 e. The summed E-state index contributed by atoms with van der Waals surface area (Å²) in [4.78, 5) is 11.9. The molecule has 2 N–H and O–H groups in total. The minimum Gasteiger partial charge on any atom is -0.508 e. The molecule has 0 aliphatic carbocycles. The number of hydrazone groups is 1. The molecule has 0 aliphatic heterocycles. The van der Waals surface area contributed by atoms with E-state index in [0.717, 1.165) is 16.3 Å². The quantitative estimate of drug-likeness (QED) is 0.554. The second kappa shape index (κ2) is 7.49. The van der Waals surface area contributed by atoms with E-state index in [1.165, 1.54) is 0 Å². The van der Waals surface area contributed by atoms with Gasteiger partial charge < -0.3 is 9.84 Å². The third-order valence-corrected chi connectivity index (χ3v) is 3.72. The fourth-order valence-electron chi connectivity index (χ4n) is 2.35. The van der Waals surface area contributed by atoms with Gasteiger partial charge in [0.1, 0.15) is 11.5 Å². The highest BCUT2D eigenvalue weighted by Crippen LogP contribution is 2.20. The minimum absolute atomic E-state index is 0.120. The second-order valence-electron chi connectivity index (χ2n) is 5.58. The average molecular weight is 334 g/mol. The largest absolute Gasteiger partial charge is 0.508 e. The number of nitrogens with one attached hydrogen (secondary N) is 1. The van der Waals surface area contributed by atoms with Gasteiger partial charge in [0, 0.05) is 0 Å². The summed E-state index contributed by atoms with van der Waals surface area (Å²) >= 11 is 0. The molecule has 3 aromatic rings. The summed E-state index contributed by atoms with van der Waals surface area (Å²) in [5.74, 6) is 0.476. The van der Waals surface area contributed by atoms with Gasteiger partial charge in [0.15, 0.2) is 6.61 Å². The van der Waals surface area contributed by atoms with Crippen molar-refractivity contribution in [3.8, 4) is 11.5 Å². The van der Waals surface area contributed by atoms with E-state index >= 15 is 0 Å². The van der Waals surface area contributed by atoms with Crippen LogP contribution in [0.5, 0.6) is 11.5 Å². The lowest BCUT2D eigenvalue weighted by Gasteiger charge is -2.07. The standard InChI is InChI=1S/C20H18N2O3/c1-14(15-6-9-18(23)10-7-15)21-22-20(24)13-25-19-11-8-16-4-2-3-5-17(16)12-19/h2-12,23H,13H2,1H3,(H,22,24). The zero-order valence-corrected chi connectivity index (χ0v) is 13.8. The van der Waals surface area contributed by atoms with E-state index in [1.807, 2.05) is 42.5 Å². The van der Waals surface area contributed by atoms with Crippen LogP contribution >= 0.6 is 0 Å². The van der Waals surface area contributed by atoms with Crippen LogP contribution in [0, 0.1) is 0 Å². The molecule has 3 aromatic carbocycles. The zero-order chi connectivity index (χ0) is 17.6. The Morgan fingerprint density at radius 1 is 1.04 bits per heavy atom. The number of hydrogen-bond donors (Lipinski definition) is 2. The van der Waals surface area contributed by atoms with Crippen LogP contribution in [0.3, 0.4) is 0 Å². The summed E-state index contributed by atoms with van der Waals surface area (Å²) in [7, 11) is 0. The number of hydrogen-bond acceptors (Lipinski definition) is 4. The number of fused-ring (bicyclic) bond motifs is 1. The van der Waals surface area contributed by atoms with E-state index in [-0.39, 0.29) is 18.3 Å². The monoisotopic (exact) mass is 334 g/mol. The molecular weight excluding hydrogens is 316 g/mol. The lowest BCUT2D eigenvalue weighted by molar-refractivity contribution is -0.123. The predicted molar refractivity (Wildman–Crippen MR) is 97.9 cm³/mol. The summed E-state index contributed by atoms with van der Waals surface area (Å²) in [5, 5.41) is 15.5. The van der Waals surface area contributed by atoms with Crippen molar-refractivity contribution in [3.05, 3.63) is 72.3 Å². The van der Waals surface area contributed by atoms with Crippen molar-refractivity contribution in [2.24, 2.45) is 5.10 Å². The highest BCUT2D eigenvalue weighted by atomic mass is 16.5. The molecule has 0 aromatic heterocycles. The molecule has 5 nitrogen and oxygen atoms in total. The van der Waals surface area contributed by atoms with E-state index in [4.69, 9.17) is 4.74 Å². The molecule has 0 unspecified atom stereocenters. The van der Waals surface area contributed by atoms with Gasteiger partial charge in [0.05, 0.1) is 5.71 Å². The number of rotatable bonds is 5. The van der Waals surface area contributed by atoms with Crippen molar-refractivity contribution in [1.29, 1.82) is 0 Å². The van der Waals surface area contributed by atoms with Crippen LogP contribution in [0.15, 0.2) is 71.8 Å². The van der Waals surface area contributed by atoms with Gasteiger partial charge >= 0.3 is 0 Å². The number of carbonyl (C=O) groups excluding carboxylic acids is 1. The highest BCUT2D eigenvalue weighted by Gasteiger charge is 2.04. The molecule has 0 bridgehead atoms. The second-order valence-corrected chi connectivity index (χ2v) is 5.58. The van der Waals surface area contributed by atoms with Crippen LogP contribution < -0.4 is 10.2 Å². The highest BCUT2D eigenvalue weighted by molar-refractivity contribution is 5.99. The molecule has 1 amide bonds. The predicted octanol–water partition coefficient (Wildman–Crippen LogP) is 3.46. The maximum atomic E-state index is 11.9. The van der Waals surface area contributed by atoms with Gasteiger partial charge in [-0.05, 0) is 59.7 Å². The third kappa shape index (κ3) is 4.35. The van der Waals surface area contributed by atoms with E-state index in [9.17, 15) is 9.90 Å². The fourth-order valence-corrected chi connectivity index (χ4v) is 2.35. The number of ether oxygens (including phenoxy) is 1. The molecular formula is C20H18N2O3. The van der Waals surface area contributed by atoms with E-state index in [0.29, 0.717) is 11.5 Å². The van der Waals surface area contributed by atoms with Crippen molar-refractivity contribution in [1.82, 2.24) is 5.43 Å². The first-order valence-corrected chi connectivity index (χ1v) is 7.86. The topological polar surface area (TPSA) is 70.9 Å². The number of phenols is 1. The van der Waals surface area contributed by atoms with Gasteiger partial charge in [-0.25, -0.2) is 5.43 Å². The summed E-state index contributed by atoms with van der Waals surface area (Å²) in [5.41, 5.74) is 3.92. The summed E-state index contributed by atoms with van der Waals surface area (Å²) in [6.45, 7) is 1.65. The van der Waals surface area contributed by atoms with Gasteiger partial charge in [0.25, 0.3) is 5.91 Å². The molecule has 0 saturated heterocycles. The Morgan fingerprint density at radius 3 is 2.52 bits per heavy atom. The van der Waals surface area contributed by atoms with Gasteiger partial charge in [-0.2, -0.15) is 5.10 Å². The molecule has 5 heteroatoms. The fraction of sp³-hybridized carbons (Fsp3) is 0.100. The molecule has 0 fully saturated rings. The van der Waals surface area contributed by atoms with Crippen LogP contribution in [-0.4, -0.2) is 23.3 Å². The Labute approximate surface area is 145 Å². The Hall–Kier alpha value is -3.34. The molecule has 126 valence electrons. The van der Waals surface area contributed by atoms with Crippen LogP contribution in [0.1, 0.15) is 12.5 Å². The summed E-state index contributed by atoms with van der Waals surface area (Å²) < 4.78 is 5.52. The Balaban J connectivity index is 1.56. The number of carbonyl (C=O) groups is 1. The number of amides is 1. The van der Waals surface area contributed by atoms with Crippen LogP contribution in [0.25, 0.3) is 10.8 Å². The van der Waals surface area contributed by atoms with Gasteiger partial charge in [-0.1, -0.05) is 30.3 Å². The molecule has 0 radical (unpaired) electrons. The first-order chi connectivity index (χ1) is 12.1. The Kier molecular flexibility index (Phi) is 4.95. The maximum Gasteiger partial charge on any atom is 0.277 e. The SMILES string of the molecule is CC(=NNC(=O)COc1ccc2ccccc2c1)c1ccc(O)cc1. The molecule has 0 spiro atoms. The Bertz CT molecular complexity index is 918. The van der Waals surface area contributed by atoms with E-state index < -0.39 is 0 Å².